The lowest BCUT2D eigenvalue weighted by Gasteiger charge is -2.33. The third-order valence-electron chi connectivity index (χ3n) is 5.55. The van der Waals surface area contributed by atoms with Crippen LogP contribution in [0.4, 0.5) is 0 Å². The van der Waals surface area contributed by atoms with Crippen molar-refractivity contribution >= 4 is 16.8 Å². The molecule has 2 atom stereocenters. The van der Waals surface area contributed by atoms with Crippen LogP contribution < -0.4 is 5.56 Å². The van der Waals surface area contributed by atoms with Crippen molar-refractivity contribution in [1.82, 2.24) is 24.8 Å². The highest BCUT2D eigenvalue weighted by Gasteiger charge is 2.38. The van der Waals surface area contributed by atoms with Gasteiger partial charge >= 0.3 is 0 Å². The fourth-order valence-electron chi connectivity index (χ4n) is 4.27. The SMILES string of the molecule is CN1CCC[C@H]1[C@@H]1CCCN1C(=O)Cn1nnc2ccccc2c1=O. The van der Waals surface area contributed by atoms with Gasteiger partial charge in [-0.05, 0) is 51.4 Å². The van der Waals surface area contributed by atoms with E-state index < -0.39 is 0 Å². The minimum atomic E-state index is -0.257. The Balaban J connectivity index is 1.55. The molecular weight excluding hydrogens is 318 g/mol. The molecule has 1 aromatic heterocycles. The average Bonchev–Trinajstić information content (AvgIpc) is 3.26. The fraction of sp³-hybridized carbons (Fsp3) is 0.556. The second kappa shape index (κ2) is 6.55. The minimum absolute atomic E-state index is 0.0329. The van der Waals surface area contributed by atoms with E-state index in [0.29, 0.717) is 16.9 Å². The largest absolute Gasteiger partial charge is 0.337 e. The number of amides is 1. The Labute approximate surface area is 146 Å². The first-order chi connectivity index (χ1) is 12.1. The summed E-state index contributed by atoms with van der Waals surface area (Å²) in [7, 11) is 2.14. The van der Waals surface area contributed by atoms with Crippen molar-refractivity contribution in [3.05, 3.63) is 34.6 Å². The third kappa shape index (κ3) is 2.93. The van der Waals surface area contributed by atoms with Crippen LogP contribution in [0.1, 0.15) is 25.7 Å². The van der Waals surface area contributed by atoms with E-state index in [9.17, 15) is 9.59 Å². The summed E-state index contributed by atoms with van der Waals surface area (Å²) in [5.74, 6) is -0.0329. The number of likely N-dealkylation sites (tertiary alicyclic amines) is 2. The lowest BCUT2D eigenvalue weighted by molar-refractivity contribution is -0.133. The van der Waals surface area contributed by atoms with Gasteiger partial charge < -0.3 is 9.80 Å². The Hall–Kier alpha value is -2.28. The summed E-state index contributed by atoms with van der Waals surface area (Å²) in [6.07, 6.45) is 4.40. The Morgan fingerprint density at radius 2 is 1.92 bits per heavy atom. The molecule has 2 aliphatic heterocycles. The molecule has 7 nitrogen and oxygen atoms in total. The number of fused-ring (bicyclic) bond motifs is 1. The van der Waals surface area contributed by atoms with E-state index in [1.165, 1.54) is 11.1 Å². The lowest BCUT2D eigenvalue weighted by Crippen LogP contribution is -2.48. The van der Waals surface area contributed by atoms with Gasteiger partial charge in [0, 0.05) is 18.6 Å². The van der Waals surface area contributed by atoms with Crippen LogP contribution in [-0.4, -0.2) is 62.9 Å². The van der Waals surface area contributed by atoms with E-state index in [1.54, 1.807) is 18.2 Å². The summed E-state index contributed by atoms with van der Waals surface area (Å²) in [4.78, 5) is 29.7. The number of carbonyl (C=O) groups excluding carboxylic acids is 1. The van der Waals surface area contributed by atoms with Crippen LogP contribution in [0.2, 0.25) is 0 Å². The molecule has 0 saturated carbocycles. The van der Waals surface area contributed by atoms with Crippen molar-refractivity contribution < 1.29 is 4.79 Å². The van der Waals surface area contributed by atoms with Gasteiger partial charge in [0.15, 0.2) is 0 Å². The molecule has 0 aliphatic carbocycles. The van der Waals surface area contributed by atoms with Crippen LogP contribution >= 0.6 is 0 Å². The number of hydrogen-bond acceptors (Lipinski definition) is 5. The maximum atomic E-state index is 12.9. The third-order valence-corrected chi connectivity index (χ3v) is 5.55. The molecule has 1 amide bonds. The number of likely N-dealkylation sites (N-methyl/N-ethyl adjacent to an activating group) is 1. The van der Waals surface area contributed by atoms with Crippen molar-refractivity contribution in [1.29, 1.82) is 0 Å². The van der Waals surface area contributed by atoms with E-state index in [-0.39, 0.29) is 24.1 Å². The molecule has 1 aromatic carbocycles. The number of rotatable bonds is 3. The van der Waals surface area contributed by atoms with Gasteiger partial charge in [-0.2, -0.15) is 0 Å². The average molecular weight is 341 g/mol. The minimum Gasteiger partial charge on any atom is -0.337 e. The number of hydrogen-bond donors (Lipinski definition) is 0. The van der Waals surface area contributed by atoms with Crippen LogP contribution in [0.15, 0.2) is 29.1 Å². The highest BCUT2D eigenvalue weighted by atomic mass is 16.2. The summed E-state index contributed by atoms with van der Waals surface area (Å²) < 4.78 is 1.19. The molecule has 7 heteroatoms. The van der Waals surface area contributed by atoms with Crippen molar-refractivity contribution in [3.8, 4) is 0 Å². The Kier molecular flexibility index (Phi) is 4.25. The summed E-state index contributed by atoms with van der Waals surface area (Å²) in [6, 6.07) is 7.78. The summed E-state index contributed by atoms with van der Waals surface area (Å²) in [5.41, 5.74) is 0.301. The van der Waals surface area contributed by atoms with Crippen molar-refractivity contribution in [2.45, 2.75) is 44.3 Å². The standard InChI is InChI=1S/C18H23N5O2/c1-21-10-4-8-15(21)16-9-5-11-22(16)17(24)12-23-18(25)13-6-2-3-7-14(13)19-20-23/h2-3,6-7,15-16H,4-5,8-12H2,1H3/t15-,16-/m0/s1. The van der Waals surface area contributed by atoms with Gasteiger partial charge in [0.25, 0.3) is 5.56 Å². The molecule has 2 aliphatic rings. The van der Waals surface area contributed by atoms with Crippen LogP contribution in [0.25, 0.3) is 10.9 Å². The van der Waals surface area contributed by atoms with Gasteiger partial charge in [0.05, 0.1) is 5.39 Å². The second-order valence-electron chi connectivity index (χ2n) is 7.06. The zero-order valence-electron chi connectivity index (χ0n) is 14.5. The van der Waals surface area contributed by atoms with Gasteiger partial charge in [-0.25, -0.2) is 4.68 Å². The van der Waals surface area contributed by atoms with E-state index in [2.05, 4.69) is 22.3 Å². The lowest BCUT2D eigenvalue weighted by atomic mass is 10.0. The van der Waals surface area contributed by atoms with Gasteiger partial charge in [0.2, 0.25) is 5.91 Å². The first-order valence-electron chi connectivity index (χ1n) is 8.97. The quantitative estimate of drug-likeness (QED) is 0.829. The molecule has 0 bridgehead atoms. The second-order valence-corrected chi connectivity index (χ2v) is 7.06. The monoisotopic (exact) mass is 341 g/mol. The Morgan fingerprint density at radius 1 is 1.16 bits per heavy atom. The smallest absolute Gasteiger partial charge is 0.278 e. The summed E-state index contributed by atoms with van der Waals surface area (Å²) in [5, 5.41) is 8.51. The van der Waals surface area contributed by atoms with Gasteiger partial charge in [-0.1, -0.05) is 17.3 Å². The predicted molar refractivity (Wildman–Crippen MR) is 94.2 cm³/mol. The van der Waals surface area contributed by atoms with Crippen LogP contribution in [0.5, 0.6) is 0 Å². The number of aromatic nitrogens is 3. The van der Waals surface area contributed by atoms with E-state index in [1.807, 2.05) is 11.0 Å². The number of nitrogens with zero attached hydrogens (tertiary/aromatic N) is 5. The molecule has 2 aromatic rings. The normalized spacial score (nSPS) is 24.3. The van der Waals surface area contributed by atoms with Crippen LogP contribution in [-0.2, 0) is 11.3 Å². The molecule has 0 spiro atoms. The zero-order chi connectivity index (χ0) is 17.4. The van der Waals surface area contributed by atoms with Gasteiger partial charge in [-0.3, -0.25) is 9.59 Å². The van der Waals surface area contributed by atoms with Crippen molar-refractivity contribution in [2.75, 3.05) is 20.1 Å². The van der Waals surface area contributed by atoms with Crippen LogP contribution in [0.3, 0.4) is 0 Å². The number of benzene rings is 1. The summed E-state index contributed by atoms with van der Waals surface area (Å²) >= 11 is 0. The molecule has 0 N–H and O–H groups in total. The van der Waals surface area contributed by atoms with E-state index in [4.69, 9.17) is 0 Å². The zero-order valence-corrected chi connectivity index (χ0v) is 14.5. The molecule has 4 rings (SSSR count). The van der Waals surface area contributed by atoms with Gasteiger partial charge in [-0.15, -0.1) is 5.10 Å². The molecule has 0 unspecified atom stereocenters. The Bertz CT molecular complexity index is 849. The first-order valence-corrected chi connectivity index (χ1v) is 8.97. The maximum Gasteiger partial charge on any atom is 0.278 e. The van der Waals surface area contributed by atoms with E-state index >= 15 is 0 Å². The molecule has 3 heterocycles. The Morgan fingerprint density at radius 3 is 2.72 bits per heavy atom. The van der Waals surface area contributed by atoms with Crippen molar-refractivity contribution in [2.24, 2.45) is 0 Å². The highest BCUT2D eigenvalue weighted by Crippen LogP contribution is 2.29. The molecule has 2 saturated heterocycles. The molecule has 0 radical (unpaired) electrons. The molecule has 132 valence electrons. The topological polar surface area (TPSA) is 71.3 Å². The first kappa shape index (κ1) is 16.2. The fourth-order valence-corrected chi connectivity index (χ4v) is 4.27. The van der Waals surface area contributed by atoms with Crippen LogP contribution in [0, 0.1) is 0 Å². The highest BCUT2D eigenvalue weighted by molar-refractivity contribution is 5.78. The van der Waals surface area contributed by atoms with Gasteiger partial charge in [0.1, 0.15) is 12.1 Å². The van der Waals surface area contributed by atoms with Crippen molar-refractivity contribution in [3.63, 3.8) is 0 Å². The maximum absolute atomic E-state index is 12.9. The molecule has 2 fully saturated rings. The predicted octanol–water partition coefficient (Wildman–Crippen LogP) is 0.877. The summed E-state index contributed by atoms with van der Waals surface area (Å²) in [6.45, 7) is 1.83. The number of carbonyl (C=O) groups is 1. The molecule has 25 heavy (non-hydrogen) atoms. The van der Waals surface area contributed by atoms with E-state index in [0.717, 1.165) is 32.4 Å². The molecular formula is C18H23N5O2.